The summed E-state index contributed by atoms with van der Waals surface area (Å²) in [5, 5.41) is 4.08. The molecule has 1 amide bonds. The van der Waals surface area contributed by atoms with Crippen LogP contribution in [0.15, 0.2) is 59.9 Å². The molecule has 3 rings (SSSR count). The number of hydrogen-bond donors (Lipinski definition) is 2. The Kier molecular flexibility index (Phi) is 5.17. The molecule has 0 aliphatic heterocycles. The summed E-state index contributed by atoms with van der Waals surface area (Å²) in [6, 6.07) is 9.65. The SMILES string of the molecule is Cn1cc(S(=O)(=O)Nc2cccc(OCCn3cccn3)c2)cc1C(N)=O. The molecule has 0 bridgehead atoms. The van der Waals surface area contributed by atoms with Gasteiger partial charge in [0.1, 0.15) is 22.9 Å². The molecule has 1 aromatic carbocycles. The molecule has 0 atom stereocenters. The molecule has 0 aliphatic rings. The van der Waals surface area contributed by atoms with Crippen molar-refractivity contribution in [1.29, 1.82) is 0 Å². The van der Waals surface area contributed by atoms with E-state index >= 15 is 0 Å². The largest absolute Gasteiger partial charge is 0.492 e. The molecule has 0 spiro atoms. The van der Waals surface area contributed by atoms with E-state index in [0.29, 0.717) is 24.6 Å². The zero-order chi connectivity index (χ0) is 19.4. The number of amides is 1. The van der Waals surface area contributed by atoms with Gasteiger partial charge < -0.3 is 15.0 Å². The van der Waals surface area contributed by atoms with Crippen molar-refractivity contribution in [1.82, 2.24) is 14.3 Å². The summed E-state index contributed by atoms with van der Waals surface area (Å²) in [6.07, 6.45) is 4.84. The minimum Gasteiger partial charge on any atom is -0.492 e. The summed E-state index contributed by atoms with van der Waals surface area (Å²) in [6.45, 7) is 0.960. The zero-order valence-corrected chi connectivity index (χ0v) is 15.4. The van der Waals surface area contributed by atoms with Crippen LogP contribution in [0.5, 0.6) is 5.75 Å². The third-order valence-corrected chi connectivity index (χ3v) is 5.13. The van der Waals surface area contributed by atoms with Crippen LogP contribution in [0.1, 0.15) is 10.5 Å². The fraction of sp³-hybridized carbons (Fsp3) is 0.176. The van der Waals surface area contributed by atoms with Crippen molar-refractivity contribution in [2.45, 2.75) is 11.4 Å². The molecular weight excluding hydrogens is 370 g/mol. The van der Waals surface area contributed by atoms with Gasteiger partial charge in [0.25, 0.3) is 15.9 Å². The second-order valence-corrected chi connectivity index (χ2v) is 7.47. The van der Waals surface area contributed by atoms with Crippen LogP contribution < -0.4 is 15.2 Å². The van der Waals surface area contributed by atoms with Gasteiger partial charge in [0.05, 0.1) is 12.2 Å². The van der Waals surface area contributed by atoms with E-state index in [1.54, 1.807) is 42.2 Å². The van der Waals surface area contributed by atoms with Crippen molar-refractivity contribution in [2.24, 2.45) is 12.8 Å². The summed E-state index contributed by atoms with van der Waals surface area (Å²) in [5.41, 5.74) is 5.67. The molecule has 0 radical (unpaired) electrons. The minimum atomic E-state index is -3.87. The lowest BCUT2D eigenvalue weighted by atomic mass is 10.3. The number of ether oxygens (including phenoxy) is 1. The van der Waals surface area contributed by atoms with Crippen molar-refractivity contribution >= 4 is 21.6 Å². The quantitative estimate of drug-likeness (QED) is 0.600. The van der Waals surface area contributed by atoms with E-state index in [0.717, 1.165) is 0 Å². The Bertz CT molecular complexity index is 1040. The Hall–Kier alpha value is -3.27. The average Bonchev–Trinajstić information content (AvgIpc) is 3.24. The van der Waals surface area contributed by atoms with Gasteiger partial charge in [0.15, 0.2) is 0 Å². The highest BCUT2D eigenvalue weighted by Crippen LogP contribution is 2.22. The molecule has 0 unspecified atom stereocenters. The first-order valence-corrected chi connectivity index (χ1v) is 9.53. The van der Waals surface area contributed by atoms with Crippen LogP contribution in [0.25, 0.3) is 0 Å². The number of hydrogen-bond acceptors (Lipinski definition) is 5. The monoisotopic (exact) mass is 389 g/mol. The topological polar surface area (TPSA) is 121 Å². The summed E-state index contributed by atoms with van der Waals surface area (Å²) >= 11 is 0. The van der Waals surface area contributed by atoms with E-state index in [-0.39, 0.29) is 10.6 Å². The molecule has 2 heterocycles. The third kappa shape index (κ3) is 4.47. The molecule has 27 heavy (non-hydrogen) atoms. The number of nitrogens with two attached hydrogens (primary N) is 1. The number of carbonyl (C=O) groups excluding carboxylic acids is 1. The van der Waals surface area contributed by atoms with Gasteiger partial charge in [0, 0.05) is 31.7 Å². The number of carbonyl (C=O) groups is 1. The van der Waals surface area contributed by atoms with Crippen molar-refractivity contribution in [2.75, 3.05) is 11.3 Å². The summed E-state index contributed by atoms with van der Waals surface area (Å²) < 4.78 is 36.3. The fourth-order valence-corrected chi connectivity index (χ4v) is 3.60. The maximum absolute atomic E-state index is 12.5. The lowest BCUT2D eigenvalue weighted by molar-refractivity contribution is 0.0992. The standard InChI is InChI=1S/C17H19N5O4S/c1-21-12-15(11-16(21)17(18)23)27(24,25)20-13-4-2-5-14(10-13)26-9-8-22-7-3-6-19-22/h2-7,10-12,20H,8-9H2,1H3,(H2,18,23). The normalized spacial score (nSPS) is 11.3. The molecular formula is C17H19N5O4S. The van der Waals surface area contributed by atoms with E-state index in [2.05, 4.69) is 9.82 Å². The predicted molar refractivity (Wildman–Crippen MR) is 98.9 cm³/mol. The Labute approximate surface area is 156 Å². The van der Waals surface area contributed by atoms with Crippen LogP contribution in [-0.2, 0) is 23.6 Å². The number of aryl methyl sites for hydroxylation is 1. The molecule has 0 fully saturated rings. The second kappa shape index (κ2) is 7.54. The maximum atomic E-state index is 12.5. The van der Waals surface area contributed by atoms with Gasteiger partial charge in [-0.3, -0.25) is 14.2 Å². The van der Waals surface area contributed by atoms with E-state index in [9.17, 15) is 13.2 Å². The Morgan fingerprint density at radius 1 is 1.30 bits per heavy atom. The van der Waals surface area contributed by atoms with Crippen LogP contribution in [0, 0.1) is 0 Å². The first-order valence-electron chi connectivity index (χ1n) is 8.04. The van der Waals surface area contributed by atoms with Crippen molar-refractivity contribution in [3.05, 3.63) is 60.7 Å². The number of benzene rings is 1. The lowest BCUT2D eigenvalue weighted by Gasteiger charge is -2.10. The lowest BCUT2D eigenvalue weighted by Crippen LogP contribution is -2.14. The van der Waals surface area contributed by atoms with Gasteiger partial charge in [-0.05, 0) is 24.3 Å². The van der Waals surface area contributed by atoms with E-state index in [4.69, 9.17) is 10.5 Å². The molecule has 3 aromatic rings. The second-order valence-electron chi connectivity index (χ2n) is 5.79. The molecule has 142 valence electrons. The first kappa shape index (κ1) is 18.5. The van der Waals surface area contributed by atoms with Crippen molar-refractivity contribution in [3.63, 3.8) is 0 Å². The molecule has 9 nitrogen and oxygen atoms in total. The zero-order valence-electron chi connectivity index (χ0n) is 14.6. The first-order chi connectivity index (χ1) is 12.8. The van der Waals surface area contributed by atoms with Crippen LogP contribution in [0.4, 0.5) is 5.69 Å². The van der Waals surface area contributed by atoms with Crippen LogP contribution in [0.3, 0.4) is 0 Å². The highest BCUT2D eigenvalue weighted by atomic mass is 32.2. The number of anilines is 1. The predicted octanol–water partition coefficient (Wildman–Crippen LogP) is 1.20. The van der Waals surface area contributed by atoms with Gasteiger partial charge >= 0.3 is 0 Å². The number of primary amides is 1. The molecule has 0 saturated carbocycles. The highest BCUT2D eigenvalue weighted by Gasteiger charge is 2.19. The average molecular weight is 389 g/mol. The smallest absolute Gasteiger partial charge is 0.265 e. The van der Waals surface area contributed by atoms with Crippen LogP contribution in [-0.4, -0.2) is 35.3 Å². The number of aromatic nitrogens is 3. The van der Waals surface area contributed by atoms with Gasteiger partial charge in [-0.25, -0.2) is 8.42 Å². The number of nitrogens with zero attached hydrogens (tertiary/aromatic N) is 3. The molecule has 0 saturated heterocycles. The van der Waals surface area contributed by atoms with Gasteiger partial charge in [-0.1, -0.05) is 6.07 Å². The van der Waals surface area contributed by atoms with E-state index < -0.39 is 15.9 Å². The Morgan fingerprint density at radius 2 is 2.11 bits per heavy atom. The Morgan fingerprint density at radius 3 is 2.78 bits per heavy atom. The van der Waals surface area contributed by atoms with Gasteiger partial charge in [0.2, 0.25) is 0 Å². The number of sulfonamides is 1. The third-order valence-electron chi connectivity index (χ3n) is 3.78. The van der Waals surface area contributed by atoms with Gasteiger partial charge in [-0.15, -0.1) is 0 Å². The summed E-state index contributed by atoms with van der Waals surface area (Å²) in [7, 11) is -2.32. The maximum Gasteiger partial charge on any atom is 0.265 e. The Balaban J connectivity index is 1.69. The summed E-state index contributed by atoms with van der Waals surface area (Å²) in [5.74, 6) is -0.181. The van der Waals surface area contributed by atoms with E-state index in [1.807, 2.05) is 12.3 Å². The number of nitrogens with one attached hydrogen (secondary N) is 1. The number of rotatable bonds is 8. The van der Waals surface area contributed by atoms with Gasteiger partial charge in [-0.2, -0.15) is 5.10 Å². The fourth-order valence-electron chi connectivity index (χ4n) is 2.48. The van der Waals surface area contributed by atoms with Crippen LogP contribution >= 0.6 is 0 Å². The molecule has 10 heteroatoms. The van der Waals surface area contributed by atoms with Crippen molar-refractivity contribution in [3.8, 4) is 5.75 Å². The molecule has 3 N–H and O–H groups in total. The van der Waals surface area contributed by atoms with Crippen LogP contribution in [0.2, 0.25) is 0 Å². The molecule has 2 aromatic heterocycles. The highest BCUT2D eigenvalue weighted by molar-refractivity contribution is 7.92. The summed E-state index contributed by atoms with van der Waals surface area (Å²) in [4.78, 5) is 11.3. The van der Waals surface area contributed by atoms with E-state index in [1.165, 1.54) is 16.8 Å². The molecule has 0 aliphatic carbocycles. The minimum absolute atomic E-state index is 0.0520. The van der Waals surface area contributed by atoms with Crippen molar-refractivity contribution < 1.29 is 17.9 Å².